The smallest absolute Gasteiger partial charge is 0.223 e. The van der Waals surface area contributed by atoms with Gasteiger partial charge >= 0.3 is 0 Å². The maximum Gasteiger partial charge on any atom is 0.223 e. The number of carbonyl (C=O) groups is 1. The Balaban J connectivity index is 2.04. The Bertz CT molecular complexity index is 426. The van der Waals surface area contributed by atoms with E-state index in [-0.39, 0.29) is 12.3 Å². The van der Waals surface area contributed by atoms with Gasteiger partial charge in [-0.3, -0.25) is 4.79 Å². The highest BCUT2D eigenvalue weighted by Gasteiger charge is 2.27. The molecule has 0 atom stereocenters. The van der Waals surface area contributed by atoms with Crippen LogP contribution in [0.5, 0.6) is 0 Å². The number of unbranched alkanes of at least 4 members (excludes halogenated alkanes) is 1. The molecule has 1 heterocycles. The van der Waals surface area contributed by atoms with E-state index in [1.165, 1.54) is 6.42 Å². The summed E-state index contributed by atoms with van der Waals surface area (Å²) in [6.45, 7) is 1.60. The van der Waals surface area contributed by atoms with E-state index in [1.54, 1.807) is 7.11 Å². The Labute approximate surface area is 113 Å². The summed E-state index contributed by atoms with van der Waals surface area (Å²) in [5.41, 5.74) is 7.16. The van der Waals surface area contributed by atoms with Gasteiger partial charge in [-0.1, -0.05) is 11.6 Å². The summed E-state index contributed by atoms with van der Waals surface area (Å²) in [5, 5.41) is 8.33. The van der Waals surface area contributed by atoms with E-state index in [0.717, 1.165) is 50.2 Å². The van der Waals surface area contributed by atoms with Gasteiger partial charge in [0.2, 0.25) is 5.91 Å². The molecule has 2 rings (SSSR count). The maximum atomic E-state index is 11.1. The van der Waals surface area contributed by atoms with Crippen molar-refractivity contribution in [2.24, 2.45) is 5.73 Å². The molecular formula is C13H22N4O2. The number of primary amides is 1. The molecule has 106 valence electrons. The highest BCUT2D eigenvalue weighted by Crippen LogP contribution is 2.37. The molecule has 1 fully saturated rings. The van der Waals surface area contributed by atoms with Crippen LogP contribution in [0.4, 0.5) is 0 Å². The number of methoxy groups -OCH3 is 1. The summed E-state index contributed by atoms with van der Waals surface area (Å²) in [4.78, 5) is 11.1. The van der Waals surface area contributed by atoms with E-state index in [4.69, 9.17) is 10.5 Å². The van der Waals surface area contributed by atoms with Crippen LogP contribution < -0.4 is 5.73 Å². The van der Waals surface area contributed by atoms with Crippen LogP contribution in [0.2, 0.25) is 0 Å². The first-order valence-corrected chi connectivity index (χ1v) is 6.92. The fourth-order valence-electron chi connectivity index (χ4n) is 2.45. The van der Waals surface area contributed by atoms with Crippen LogP contribution in [0.3, 0.4) is 0 Å². The summed E-state index contributed by atoms with van der Waals surface area (Å²) in [5.74, 6) is 0.166. The molecular weight excluding hydrogens is 244 g/mol. The van der Waals surface area contributed by atoms with Gasteiger partial charge in [0.1, 0.15) is 0 Å². The first-order valence-electron chi connectivity index (χ1n) is 6.92. The van der Waals surface area contributed by atoms with Crippen LogP contribution >= 0.6 is 0 Å². The van der Waals surface area contributed by atoms with Crippen molar-refractivity contribution in [3.63, 3.8) is 0 Å². The predicted octanol–water partition coefficient (Wildman–Crippen LogP) is 1.000. The van der Waals surface area contributed by atoms with Crippen LogP contribution in [0.25, 0.3) is 0 Å². The first-order chi connectivity index (χ1) is 9.22. The fourth-order valence-corrected chi connectivity index (χ4v) is 2.45. The van der Waals surface area contributed by atoms with Crippen LogP contribution in [-0.4, -0.2) is 34.6 Å². The first kappa shape index (κ1) is 14.0. The zero-order valence-electron chi connectivity index (χ0n) is 11.5. The molecule has 6 nitrogen and oxygen atoms in total. The molecule has 1 aliphatic rings. The lowest BCUT2D eigenvalue weighted by Gasteiger charge is -2.26. The Hall–Kier alpha value is -1.43. The Kier molecular flexibility index (Phi) is 4.90. The van der Waals surface area contributed by atoms with Crippen molar-refractivity contribution in [2.45, 2.75) is 51.0 Å². The lowest BCUT2D eigenvalue weighted by molar-refractivity contribution is -0.117. The number of nitrogens with zero attached hydrogens (tertiary/aromatic N) is 3. The summed E-state index contributed by atoms with van der Waals surface area (Å²) in [6.07, 6.45) is 5.78. The van der Waals surface area contributed by atoms with Crippen molar-refractivity contribution in [3.05, 3.63) is 11.4 Å². The maximum absolute atomic E-state index is 11.1. The Morgan fingerprint density at radius 3 is 2.84 bits per heavy atom. The van der Waals surface area contributed by atoms with Crippen LogP contribution in [-0.2, 0) is 22.5 Å². The average Bonchev–Trinajstić information content (AvgIpc) is 2.66. The van der Waals surface area contributed by atoms with E-state index in [9.17, 15) is 4.79 Å². The zero-order chi connectivity index (χ0) is 13.7. The third-order valence-electron chi connectivity index (χ3n) is 3.65. The lowest BCUT2D eigenvalue weighted by atomic mass is 9.81. The van der Waals surface area contributed by atoms with Crippen molar-refractivity contribution in [2.75, 3.05) is 13.7 Å². The zero-order valence-corrected chi connectivity index (χ0v) is 11.5. The van der Waals surface area contributed by atoms with Gasteiger partial charge in [0.15, 0.2) is 0 Å². The molecule has 0 unspecified atom stereocenters. The predicted molar refractivity (Wildman–Crippen MR) is 70.6 cm³/mol. The summed E-state index contributed by atoms with van der Waals surface area (Å²) in [6, 6.07) is 0. The second-order valence-corrected chi connectivity index (χ2v) is 5.12. The highest BCUT2D eigenvalue weighted by molar-refractivity contribution is 5.76. The van der Waals surface area contributed by atoms with Gasteiger partial charge in [-0.15, -0.1) is 5.10 Å². The minimum absolute atomic E-state index is 0.198. The van der Waals surface area contributed by atoms with Crippen LogP contribution in [0.1, 0.15) is 49.4 Å². The van der Waals surface area contributed by atoms with Crippen molar-refractivity contribution in [1.29, 1.82) is 0 Å². The molecule has 1 saturated carbocycles. The van der Waals surface area contributed by atoms with Gasteiger partial charge in [0, 0.05) is 26.2 Å². The third kappa shape index (κ3) is 3.53. The number of ether oxygens (including phenoxy) is 1. The van der Waals surface area contributed by atoms with Crippen molar-refractivity contribution in [3.8, 4) is 0 Å². The minimum atomic E-state index is -0.341. The molecule has 0 saturated heterocycles. The molecule has 1 aromatic rings. The SMILES string of the molecule is COCCCCn1nnc(CC(N)=O)c1C1CCC1. The summed E-state index contributed by atoms with van der Waals surface area (Å²) in [7, 11) is 1.71. The average molecular weight is 266 g/mol. The van der Waals surface area contributed by atoms with Crippen LogP contribution in [0, 0.1) is 0 Å². The number of aromatic nitrogens is 3. The number of aryl methyl sites for hydroxylation is 1. The summed E-state index contributed by atoms with van der Waals surface area (Å²) >= 11 is 0. The molecule has 1 amide bonds. The fraction of sp³-hybridized carbons (Fsp3) is 0.769. The van der Waals surface area contributed by atoms with E-state index in [2.05, 4.69) is 10.3 Å². The molecule has 1 aliphatic carbocycles. The molecule has 2 N–H and O–H groups in total. The number of amides is 1. The van der Waals surface area contributed by atoms with Gasteiger partial charge in [0.05, 0.1) is 17.8 Å². The topological polar surface area (TPSA) is 83.0 Å². The standard InChI is InChI=1S/C13H22N4O2/c1-19-8-3-2-7-17-13(10-5-4-6-10)11(15-16-17)9-12(14)18/h10H,2-9H2,1H3,(H2,14,18). The van der Waals surface area contributed by atoms with E-state index >= 15 is 0 Å². The third-order valence-corrected chi connectivity index (χ3v) is 3.65. The molecule has 0 radical (unpaired) electrons. The number of nitrogens with two attached hydrogens (primary N) is 1. The minimum Gasteiger partial charge on any atom is -0.385 e. The van der Waals surface area contributed by atoms with E-state index < -0.39 is 0 Å². The second-order valence-electron chi connectivity index (χ2n) is 5.12. The molecule has 0 spiro atoms. The molecule has 0 bridgehead atoms. The van der Waals surface area contributed by atoms with Crippen molar-refractivity contribution in [1.82, 2.24) is 15.0 Å². The van der Waals surface area contributed by atoms with E-state index in [1.807, 2.05) is 4.68 Å². The molecule has 0 aromatic carbocycles. The number of hydrogen-bond donors (Lipinski definition) is 1. The molecule has 6 heteroatoms. The van der Waals surface area contributed by atoms with Gasteiger partial charge in [-0.05, 0) is 25.7 Å². The Morgan fingerprint density at radius 2 is 2.26 bits per heavy atom. The van der Waals surface area contributed by atoms with Gasteiger partial charge in [-0.25, -0.2) is 4.68 Å². The second kappa shape index (κ2) is 6.65. The summed E-state index contributed by atoms with van der Waals surface area (Å²) < 4.78 is 7.00. The van der Waals surface area contributed by atoms with E-state index in [0.29, 0.717) is 5.92 Å². The number of carbonyl (C=O) groups excluding carboxylic acids is 1. The van der Waals surface area contributed by atoms with Gasteiger partial charge < -0.3 is 10.5 Å². The van der Waals surface area contributed by atoms with Crippen LogP contribution in [0.15, 0.2) is 0 Å². The number of rotatable bonds is 8. The lowest BCUT2D eigenvalue weighted by Crippen LogP contribution is -2.20. The van der Waals surface area contributed by atoms with Gasteiger partial charge in [0.25, 0.3) is 0 Å². The van der Waals surface area contributed by atoms with Crippen molar-refractivity contribution < 1.29 is 9.53 Å². The normalized spacial score (nSPS) is 15.4. The monoisotopic (exact) mass is 266 g/mol. The highest BCUT2D eigenvalue weighted by atomic mass is 16.5. The quantitative estimate of drug-likeness (QED) is 0.711. The number of hydrogen-bond acceptors (Lipinski definition) is 4. The van der Waals surface area contributed by atoms with Gasteiger partial charge in [-0.2, -0.15) is 0 Å². The molecule has 1 aromatic heterocycles. The molecule has 19 heavy (non-hydrogen) atoms. The largest absolute Gasteiger partial charge is 0.385 e. The molecule has 0 aliphatic heterocycles. The Morgan fingerprint density at radius 1 is 1.47 bits per heavy atom. The van der Waals surface area contributed by atoms with Crippen molar-refractivity contribution >= 4 is 5.91 Å².